The number of hydrogen-bond donors (Lipinski definition) is 2. The Balaban J connectivity index is 1.83. The number of fused-ring (bicyclic) bond motifs is 1. The Labute approximate surface area is 171 Å². The molecule has 0 aliphatic heterocycles. The summed E-state index contributed by atoms with van der Waals surface area (Å²) in [5.74, 6) is -0.553. The fourth-order valence-corrected chi connectivity index (χ4v) is 4.71. The number of nitrogen functional groups attached to an aromatic ring is 1. The highest BCUT2D eigenvalue weighted by molar-refractivity contribution is 7.21. The quantitative estimate of drug-likeness (QED) is 0.597. The van der Waals surface area contributed by atoms with E-state index in [1.807, 2.05) is 33.8 Å². The molecule has 0 saturated heterocycles. The first-order valence-corrected chi connectivity index (χ1v) is 10.4. The lowest BCUT2D eigenvalue weighted by Crippen LogP contribution is -2.11. The summed E-state index contributed by atoms with van der Waals surface area (Å²) in [7, 11) is 0. The number of rotatable bonds is 5. The lowest BCUT2D eigenvalue weighted by Gasteiger charge is -2.05. The Morgan fingerprint density at radius 1 is 1.18 bits per heavy atom. The summed E-state index contributed by atoms with van der Waals surface area (Å²) in [6, 6.07) is 1.94. The molecule has 0 aliphatic carbocycles. The second-order valence-corrected chi connectivity index (χ2v) is 8.98. The molecule has 0 unspecified atom stereocenters. The maximum atomic E-state index is 12.7. The molecular weight excluding hydrogens is 396 g/mol. The highest BCUT2D eigenvalue weighted by Gasteiger charge is 2.22. The van der Waals surface area contributed by atoms with Crippen LogP contribution in [0, 0.1) is 26.7 Å². The molecule has 3 heterocycles. The number of nitrogens with two attached hydrogens (primary N) is 1. The van der Waals surface area contributed by atoms with Crippen molar-refractivity contribution in [3.63, 3.8) is 0 Å². The molecule has 0 aliphatic rings. The summed E-state index contributed by atoms with van der Waals surface area (Å²) in [6.45, 7) is 9.82. The van der Waals surface area contributed by atoms with Gasteiger partial charge in [-0.2, -0.15) is 0 Å². The maximum Gasteiger partial charge on any atom is 0.350 e. The average molecular weight is 419 g/mol. The van der Waals surface area contributed by atoms with Crippen molar-refractivity contribution < 1.29 is 14.3 Å². The largest absolute Gasteiger partial charge is 0.461 e. The zero-order valence-corrected chi connectivity index (χ0v) is 18.0. The molecule has 3 aromatic heterocycles. The number of thiazole rings is 1. The highest BCUT2D eigenvalue weighted by Crippen LogP contribution is 2.35. The summed E-state index contributed by atoms with van der Waals surface area (Å²) in [6.07, 6.45) is 0. The molecule has 1 amide bonds. The van der Waals surface area contributed by atoms with E-state index >= 15 is 0 Å². The van der Waals surface area contributed by atoms with Gasteiger partial charge in [-0.3, -0.25) is 10.1 Å². The Morgan fingerprint density at radius 3 is 2.57 bits per heavy atom. The van der Waals surface area contributed by atoms with Crippen LogP contribution in [0.3, 0.4) is 0 Å². The van der Waals surface area contributed by atoms with Gasteiger partial charge < -0.3 is 10.5 Å². The predicted octanol–water partition coefficient (Wildman–Crippen LogP) is 4.33. The number of thiophene rings is 1. The zero-order chi connectivity index (χ0) is 20.6. The van der Waals surface area contributed by atoms with E-state index in [9.17, 15) is 9.59 Å². The number of ether oxygens (including phenoxy) is 1. The van der Waals surface area contributed by atoms with Crippen molar-refractivity contribution in [1.29, 1.82) is 0 Å². The summed E-state index contributed by atoms with van der Waals surface area (Å²) >= 11 is 2.34. The maximum absolute atomic E-state index is 12.7. The zero-order valence-electron chi connectivity index (χ0n) is 16.4. The van der Waals surface area contributed by atoms with Crippen LogP contribution in [0.5, 0.6) is 0 Å². The van der Waals surface area contributed by atoms with Crippen LogP contribution in [0.1, 0.15) is 50.1 Å². The lowest BCUT2D eigenvalue weighted by molar-refractivity contribution is 0.0463. The number of pyridine rings is 1. The van der Waals surface area contributed by atoms with Gasteiger partial charge in [-0.05, 0) is 38.3 Å². The number of nitrogens with one attached hydrogen (secondary N) is 1. The second-order valence-electron chi connectivity index (χ2n) is 6.99. The normalized spacial score (nSPS) is 11.2. The van der Waals surface area contributed by atoms with Crippen molar-refractivity contribution >= 4 is 55.6 Å². The van der Waals surface area contributed by atoms with Gasteiger partial charge in [0.05, 0.1) is 18.0 Å². The van der Waals surface area contributed by atoms with Gasteiger partial charge in [-0.1, -0.05) is 25.2 Å². The molecule has 3 rings (SSSR count). The summed E-state index contributed by atoms with van der Waals surface area (Å²) in [5, 5.41) is 3.87. The van der Waals surface area contributed by atoms with E-state index in [1.54, 1.807) is 6.92 Å². The first kappa shape index (κ1) is 20.2. The first-order chi connectivity index (χ1) is 13.2. The fraction of sp³-hybridized carbons (Fsp3) is 0.368. The molecule has 0 bridgehead atoms. The summed E-state index contributed by atoms with van der Waals surface area (Å²) in [5.41, 5.74) is 9.00. The predicted molar refractivity (Wildman–Crippen MR) is 113 cm³/mol. The summed E-state index contributed by atoms with van der Waals surface area (Å²) < 4.78 is 5.25. The molecule has 0 radical (unpaired) electrons. The van der Waals surface area contributed by atoms with Crippen molar-refractivity contribution in [3.05, 3.63) is 32.8 Å². The SMILES string of the molecule is Cc1cc(C)c2c(N)c(C(=O)Nc3nc(C)c(C(=O)OCC(C)C)s3)sc2n1. The van der Waals surface area contributed by atoms with Crippen LogP contribution in [0.4, 0.5) is 10.8 Å². The lowest BCUT2D eigenvalue weighted by atomic mass is 10.1. The molecule has 0 aromatic carbocycles. The van der Waals surface area contributed by atoms with Crippen molar-refractivity contribution in [2.45, 2.75) is 34.6 Å². The molecule has 0 spiro atoms. The standard InChI is InChI=1S/C19H22N4O3S2/c1-8(2)7-26-18(25)14-11(5)22-19(28-14)23-16(24)15-13(20)12-9(3)6-10(4)21-17(12)27-15/h6,8H,7,20H2,1-5H3,(H,22,23,24). The van der Waals surface area contributed by atoms with E-state index in [-0.39, 0.29) is 11.8 Å². The van der Waals surface area contributed by atoms with Gasteiger partial charge in [-0.15, -0.1) is 11.3 Å². The van der Waals surface area contributed by atoms with Crippen LogP contribution < -0.4 is 11.1 Å². The monoisotopic (exact) mass is 418 g/mol. The van der Waals surface area contributed by atoms with Crippen LogP contribution in [-0.4, -0.2) is 28.5 Å². The molecule has 9 heteroatoms. The number of carbonyl (C=O) groups is 2. The van der Waals surface area contributed by atoms with Crippen LogP contribution in [0.15, 0.2) is 6.07 Å². The topological polar surface area (TPSA) is 107 Å². The number of amides is 1. The Bertz CT molecular complexity index is 1070. The third-order valence-corrected chi connectivity index (χ3v) is 6.13. The molecule has 0 atom stereocenters. The van der Waals surface area contributed by atoms with Crippen molar-refractivity contribution in [3.8, 4) is 0 Å². The van der Waals surface area contributed by atoms with E-state index < -0.39 is 5.97 Å². The Kier molecular flexibility index (Phi) is 5.66. The second kappa shape index (κ2) is 7.84. The van der Waals surface area contributed by atoms with E-state index in [2.05, 4.69) is 15.3 Å². The van der Waals surface area contributed by atoms with E-state index in [0.717, 1.165) is 32.8 Å². The smallest absolute Gasteiger partial charge is 0.350 e. The number of esters is 1. The van der Waals surface area contributed by atoms with Gasteiger partial charge in [-0.25, -0.2) is 14.8 Å². The van der Waals surface area contributed by atoms with Crippen molar-refractivity contribution in [1.82, 2.24) is 9.97 Å². The van der Waals surface area contributed by atoms with Gasteiger partial charge in [0, 0.05) is 11.1 Å². The highest BCUT2D eigenvalue weighted by atomic mass is 32.1. The molecule has 7 nitrogen and oxygen atoms in total. The summed E-state index contributed by atoms with van der Waals surface area (Å²) in [4.78, 5) is 35.2. The number of nitrogens with zero attached hydrogens (tertiary/aromatic N) is 2. The third kappa shape index (κ3) is 4.00. The fourth-order valence-electron chi connectivity index (χ4n) is 2.74. The Hall–Kier alpha value is -2.52. The van der Waals surface area contributed by atoms with Crippen LogP contribution in [0.25, 0.3) is 10.2 Å². The van der Waals surface area contributed by atoms with Gasteiger partial charge in [0.1, 0.15) is 14.6 Å². The molecule has 0 saturated carbocycles. The molecule has 28 heavy (non-hydrogen) atoms. The molecule has 0 fully saturated rings. The minimum Gasteiger partial charge on any atom is -0.461 e. The molecule has 148 valence electrons. The number of aromatic nitrogens is 2. The number of carbonyl (C=O) groups excluding carboxylic acids is 2. The van der Waals surface area contributed by atoms with Crippen LogP contribution in [-0.2, 0) is 4.74 Å². The first-order valence-electron chi connectivity index (χ1n) is 8.79. The van der Waals surface area contributed by atoms with E-state index in [0.29, 0.717) is 32.9 Å². The number of aryl methyl sites for hydroxylation is 3. The van der Waals surface area contributed by atoms with Gasteiger partial charge >= 0.3 is 5.97 Å². The van der Waals surface area contributed by atoms with E-state index in [1.165, 1.54) is 11.3 Å². The number of anilines is 2. The van der Waals surface area contributed by atoms with Crippen molar-refractivity contribution in [2.75, 3.05) is 17.7 Å². The van der Waals surface area contributed by atoms with Crippen LogP contribution in [0.2, 0.25) is 0 Å². The van der Waals surface area contributed by atoms with Crippen molar-refractivity contribution in [2.24, 2.45) is 5.92 Å². The van der Waals surface area contributed by atoms with Gasteiger partial charge in [0.25, 0.3) is 5.91 Å². The average Bonchev–Trinajstić information content (AvgIpc) is 3.12. The third-order valence-electron chi connectivity index (χ3n) is 3.98. The van der Waals surface area contributed by atoms with E-state index in [4.69, 9.17) is 10.5 Å². The Morgan fingerprint density at radius 2 is 1.89 bits per heavy atom. The van der Waals surface area contributed by atoms with Crippen LogP contribution >= 0.6 is 22.7 Å². The minimum absolute atomic E-state index is 0.244. The van der Waals surface area contributed by atoms with Gasteiger partial charge in [0.15, 0.2) is 5.13 Å². The molecule has 3 aromatic rings. The number of hydrogen-bond acceptors (Lipinski definition) is 8. The minimum atomic E-state index is -0.430. The molecular formula is C19H22N4O3S2. The van der Waals surface area contributed by atoms with Gasteiger partial charge in [0.2, 0.25) is 0 Å². The molecule has 3 N–H and O–H groups in total.